The zero-order chi connectivity index (χ0) is 16.5. The standard InChI is InChI=1S/C18H20BrN3S2/c19-12-10-15(24-11-12)17-16(14-8-4-5-9-20-14)21-18(23)22(17)13-6-2-1-3-7-13/h4-5,8-11,13,16-17H,1-3,6-7H2,(H,21,23)/t16-,17-/m0/s1. The lowest BCUT2D eigenvalue weighted by molar-refractivity contribution is 0.199. The number of aromatic nitrogens is 1. The Morgan fingerprint density at radius 3 is 2.75 bits per heavy atom. The Kier molecular flexibility index (Phi) is 4.88. The molecule has 24 heavy (non-hydrogen) atoms. The molecule has 2 atom stereocenters. The van der Waals surface area contributed by atoms with Crippen LogP contribution in [-0.4, -0.2) is 21.0 Å². The van der Waals surface area contributed by atoms with Gasteiger partial charge in [0, 0.05) is 27.0 Å². The predicted octanol–water partition coefficient (Wildman–Crippen LogP) is 5.21. The van der Waals surface area contributed by atoms with Gasteiger partial charge in [0.25, 0.3) is 0 Å². The van der Waals surface area contributed by atoms with Crippen molar-refractivity contribution in [3.63, 3.8) is 0 Å². The molecule has 6 heteroatoms. The number of hydrogen-bond donors (Lipinski definition) is 1. The van der Waals surface area contributed by atoms with Crippen LogP contribution in [0.5, 0.6) is 0 Å². The molecule has 1 saturated carbocycles. The van der Waals surface area contributed by atoms with E-state index < -0.39 is 0 Å². The minimum atomic E-state index is 0.117. The van der Waals surface area contributed by atoms with E-state index in [2.05, 4.69) is 54.7 Å². The number of nitrogens with one attached hydrogen (secondary N) is 1. The van der Waals surface area contributed by atoms with Crippen LogP contribution in [0.15, 0.2) is 40.3 Å². The molecule has 0 spiro atoms. The number of halogens is 1. The second-order valence-electron chi connectivity index (χ2n) is 6.49. The van der Waals surface area contributed by atoms with Gasteiger partial charge < -0.3 is 10.2 Å². The lowest BCUT2D eigenvalue weighted by Gasteiger charge is -2.36. The smallest absolute Gasteiger partial charge is 0.170 e. The first-order valence-corrected chi connectivity index (χ1v) is 10.6. The van der Waals surface area contributed by atoms with Crippen LogP contribution >= 0.6 is 39.5 Å². The third-order valence-electron chi connectivity index (χ3n) is 4.98. The highest BCUT2D eigenvalue weighted by atomic mass is 79.9. The van der Waals surface area contributed by atoms with Crippen LogP contribution in [0.1, 0.15) is 54.8 Å². The average Bonchev–Trinajstić information content (AvgIpc) is 3.19. The molecule has 126 valence electrons. The molecular weight excluding hydrogens is 402 g/mol. The fourth-order valence-corrected chi connectivity index (χ4v) is 5.87. The van der Waals surface area contributed by atoms with Crippen molar-refractivity contribution in [1.29, 1.82) is 0 Å². The fraction of sp³-hybridized carbons (Fsp3) is 0.444. The lowest BCUT2D eigenvalue weighted by Crippen LogP contribution is -2.40. The average molecular weight is 422 g/mol. The van der Waals surface area contributed by atoms with Crippen LogP contribution in [0, 0.1) is 0 Å². The van der Waals surface area contributed by atoms with Gasteiger partial charge in [-0.05, 0) is 59.2 Å². The van der Waals surface area contributed by atoms with Crippen molar-refractivity contribution in [2.45, 2.75) is 50.2 Å². The first kappa shape index (κ1) is 16.5. The van der Waals surface area contributed by atoms with Crippen LogP contribution in [0.3, 0.4) is 0 Å². The van der Waals surface area contributed by atoms with E-state index in [1.54, 1.807) is 11.3 Å². The topological polar surface area (TPSA) is 28.2 Å². The molecule has 1 aliphatic carbocycles. The van der Waals surface area contributed by atoms with Gasteiger partial charge in [-0.25, -0.2) is 0 Å². The predicted molar refractivity (Wildman–Crippen MR) is 106 cm³/mol. The first-order chi connectivity index (χ1) is 11.7. The van der Waals surface area contributed by atoms with E-state index in [1.165, 1.54) is 37.0 Å². The molecule has 2 fully saturated rings. The van der Waals surface area contributed by atoms with Crippen molar-refractivity contribution < 1.29 is 0 Å². The van der Waals surface area contributed by atoms with E-state index >= 15 is 0 Å². The van der Waals surface area contributed by atoms with Gasteiger partial charge in [-0.3, -0.25) is 4.98 Å². The number of hydrogen-bond acceptors (Lipinski definition) is 3. The molecule has 0 radical (unpaired) electrons. The van der Waals surface area contributed by atoms with E-state index in [4.69, 9.17) is 12.2 Å². The van der Waals surface area contributed by atoms with Gasteiger partial charge in [0.05, 0.1) is 17.8 Å². The van der Waals surface area contributed by atoms with Crippen LogP contribution in [0.25, 0.3) is 0 Å². The van der Waals surface area contributed by atoms with Gasteiger partial charge in [0.2, 0.25) is 0 Å². The molecule has 2 aromatic heterocycles. The van der Waals surface area contributed by atoms with Crippen molar-refractivity contribution >= 4 is 44.6 Å². The normalized spacial score (nSPS) is 25.0. The Hall–Kier alpha value is -0.980. The Morgan fingerprint density at radius 1 is 1.25 bits per heavy atom. The maximum atomic E-state index is 5.76. The molecule has 0 aromatic carbocycles. The van der Waals surface area contributed by atoms with Gasteiger partial charge >= 0.3 is 0 Å². The van der Waals surface area contributed by atoms with Gasteiger partial charge in [0.1, 0.15) is 0 Å². The van der Waals surface area contributed by atoms with Crippen molar-refractivity contribution in [1.82, 2.24) is 15.2 Å². The van der Waals surface area contributed by atoms with Crippen LogP contribution in [0.2, 0.25) is 0 Å². The molecule has 1 aliphatic heterocycles. The van der Waals surface area contributed by atoms with Crippen LogP contribution < -0.4 is 5.32 Å². The van der Waals surface area contributed by atoms with E-state index in [0.29, 0.717) is 6.04 Å². The molecule has 3 heterocycles. The number of thiocarbonyl (C=S) groups is 1. The van der Waals surface area contributed by atoms with E-state index in [9.17, 15) is 0 Å². The maximum absolute atomic E-state index is 5.76. The highest BCUT2D eigenvalue weighted by Crippen LogP contribution is 2.44. The molecule has 3 nitrogen and oxygen atoms in total. The zero-order valence-corrected chi connectivity index (χ0v) is 16.5. The Labute approximate surface area is 160 Å². The Bertz CT molecular complexity index is 712. The van der Waals surface area contributed by atoms with Crippen LogP contribution in [-0.2, 0) is 0 Å². The molecule has 1 N–H and O–H groups in total. The molecule has 0 unspecified atom stereocenters. The molecule has 2 aliphatic rings. The summed E-state index contributed by atoms with van der Waals surface area (Å²) in [7, 11) is 0. The van der Waals surface area contributed by atoms with Crippen molar-refractivity contribution in [3.05, 3.63) is 50.9 Å². The second kappa shape index (κ2) is 7.10. The minimum Gasteiger partial charge on any atom is -0.352 e. The van der Waals surface area contributed by atoms with Gasteiger partial charge in [-0.1, -0.05) is 25.3 Å². The summed E-state index contributed by atoms with van der Waals surface area (Å²) in [5.74, 6) is 0. The SMILES string of the molecule is S=C1N[C@@H](c2ccccn2)[C@H](c2cc(Br)cs2)N1C1CCCCC1. The number of pyridine rings is 1. The molecule has 0 amide bonds. The summed E-state index contributed by atoms with van der Waals surface area (Å²) in [5.41, 5.74) is 1.06. The third kappa shape index (κ3) is 3.11. The third-order valence-corrected chi connectivity index (χ3v) is 7.08. The van der Waals surface area contributed by atoms with Crippen molar-refractivity contribution in [2.24, 2.45) is 0 Å². The number of rotatable bonds is 3. The largest absolute Gasteiger partial charge is 0.352 e. The summed E-state index contributed by atoms with van der Waals surface area (Å²) >= 11 is 11.2. The van der Waals surface area contributed by atoms with Gasteiger partial charge in [-0.15, -0.1) is 11.3 Å². The summed E-state index contributed by atoms with van der Waals surface area (Å²) in [4.78, 5) is 8.41. The van der Waals surface area contributed by atoms with E-state index in [0.717, 1.165) is 15.3 Å². The first-order valence-electron chi connectivity index (χ1n) is 8.48. The van der Waals surface area contributed by atoms with Gasteiger partial charge in [0.15, 0.2) is 5.11 Å². The minimum absolute atomic E-state index is 0.117. The number of nitrogens with zero attached hydrogens (tertiary/aromatic N) is 2. The van der Waals surface area contributed by atoms with Gasteiger partial charge in [-0.2, -0.15) is 0 Å². The van der Waals surface area contributed by atoms with Crippen molar-refractivity contribution in [2.75, 3.05) is 0 Å². The molecule has 4 rings (SSSR count). The number of thiophene rings is 1. The summed E-state index contributed by atoms with van der Waals surface area (Å²) in [6.45, 7) is 0. The maximum Gasteiger partial charge on any atom is 0.170 e. The highest BCUT2D eigenvalue weighted by molar-refractivity contribution is 9.10. The molecule has 0 bridgehead atoms. The van der Waals surface area contributed by atoms with Crippen LogP contribution in [0.4, 0.5) is 0 Å². The second-order valence-corrected chi connectivity index (χ2v) is 8.74. The zero-order valence-electron chi connectivity index (χ0n) is 13.3. The summed E-state index contributed by atoms with van der Waals surface area (Å²) in [6, 6.07) is 9.23. The lowest BCUT2D eigenvalue weighted by atomic mass is 9.92. The molecule has 1 saturated heterocycles. The molecule has 2 aromatic rings. The Morgan fingerprint density at radius 2 is 2.08 bits per heavy atom. The van der Waals surface area contributed by atoms with Crippen molar-refractivity contribution in [3.8, 4) is 0 Å². The van der Waals surface area contributed by atoms with E-state index in [-0.39, 0.29) is 12.1 Å². The monoisotopic (exact) mass is 421 g/mol. The quantitative estimate of drug-likeness (QED) is 0.688. The summed E-state index contributed by atoms with van der Waals surface area (Å²) in [6.07, 6.45) is 8.30. The summed E-state index contributed by atoms with van der Waals surface area (Å²) in [5, 5.41) is 6.60. The molecular formula is C18H20BrN3S2. The highest BCUT2D eigenvalue weighted by Gasteiger charge is 2.43. The Balaban J connectivity index is 1.73. The fourth-order valence-electron chi connectivity index (χ4n) is 3.91. The summed E-state index contributed by atoms with van der Waals surface area (Å²) < 4.78 is 1.14. The van der Waals surface area contributed by atoms with E-state index in [1.807, 2.05) is 12.3 Å².